The fraction of sp³-hybridized carbons (Fsp3) is 0.833. The van der Waals surface area contributed by atoms with Gasteiger partial charge in [0.25, 0.3) is 0 Å². The molecule has 0 saturated carbocycles. The van der Waals surface area contributed by atoms with E-state index in [1.807, 2.05) is 0 Å². The number of carbonyl (C=O) groups is 2. The van der Waals surface area contributed by atoms with E-state index in [2.05, 4.69) is 20.4 Å². The van der Waals surface area contributed by atoms with Crippen LogP contribution in [0.25, 0.3) is 0 Å². The second-order valence-electron chi connectivity index (χ2n) is 9.39. The number of carbonyl (C=O) groups excluding carboxylic acids is 2. The van der Waals surface area contributed by atoms with Crippen LogP contribution in [0.15, 0.2) is 12.2 Å². The van der Waals surface area contributed by atoms with Gasteiger partial charge in [0.1, 0.15) is 0 Å². The summed E-state index contributed by atoms with van der Waals surface area (Å²) >= 11 is -5.93. The summed E-state index contributed by atoms with van der Waals surface area (Å²) < 4.78 is 22.3. The van der Waals surface area contributed by atoms with Crippen molar-refractivity contribution in [2.75, 3.05) is 13.2 Å². The molecule has 1 rings (SSSR count). The average Bonchev–Trinajstić information content (AvgIpc) is 3.12. The van der Waals surface area contributed by atoms with E-state index in [1.165, 1.54) is 64.7 Å². The van der Waals surface area contributed by atoms with Gasteiger partial charge >= 0.3 is 147 Å². The monoisotopic (exact) mass is 460 g/mol. The number of hydrogen-bond acceptors (Lipinski definition) is 5. The Balaban J connectivity index is 2.09. The van der Waals surface area contributed by atoms with Gasteiger partial charge in [0.15, 0.2) is 0 Å². The molecule has 0 N–H and O–H groups in total. The molecule has 1 saturated heterocycles. The third kappa shape index (κ3) is 8.57. The van der Waals surface area contributed by atoms with Gasteiger partial charge in [0, 0.05) is 0 Å². The van der Waals surface area contributed by atoms with Gasteiger partial charge in [0.2, 0.25) is 0 Å². The molecule has 1 heterocycles. The van der Waals surface area contributed by atoms with Gasteiger partial charge in [-0.3, -0.25) is 0 Å². The van der Waals surface area contributed by atoms with Crippen LogP contribution in [-0.2, 0) is 35.6 Å². The predicted molar refractivity (Wildman–Crippen MR) is 117 cm³/mol. The second kappa shape index (κ2) is 13.8. The molecule has 0 aromatic carbocycles. The minimum absolute atomic E-state index is 0.0312. The number of hydrogen-bond donors (Lipinski definition) is 0. The van der Waals surface area contributed by atoms with Crippen LogP contribution in [0.4, 0.5) is 0 Å². The zero-order chi connectivity index (χ0) is 22.5. The molecule has 0 spiro atoms. The van der Waals surface area contributed by atoms with Gasteiger partial charge in [-0.15, -0.1) is 0 Å². The fourth-order valence-corrected chi connectivity index (χ4v) is 9.06. The van der Waals surface area contributed by atoms with Crippen molar-refractivity contribution >= 4 is 8.18 Å². The van der Waals surface area contributed by atoms with Crippen molar-refractivity contribution in [3.8, 4) is 0 Å². The van der Waals surface area contributed by atoms with E-state index < -0.39 is 24.2 Å². The first-order chi connectivity index (χ1) is 14.2. The summed E-state index contributed by atoms with van der Waals surface area (Å²) in [6.07, 6.45) is 15.8. The number of rotatable bonds is 18. The Morgan fingerprint density at radius 1 is 0.800 bits per heavy atom. The minimum atomic E-state index is -5.93. The van der Waals surface area contributed by atoms with Crippen molar-refractivity contribution in [3.05, 3.63) is 12.2 Å². The molecule has 0 bridgehead atoms. The summed E-state index contributed by atoms with van der Waals surface area (Å²) in [5.41, 5.74) is 0.0628. The summed E-state index contributed by atoms with van der Waals surface area (Å²) in [5.74, 6) is 0.830. The molecule has 1 aliphatic heterocycles. The van der Waals surface area contributed by atoms with Crippen LogP contribution in [0.2, 0.25) is 0 Å². The molecule has 0 radical (unpaired) electrons. The summed E-state index contributed by atoms with van der Waals surface area (Å²) in [6, 6.07) is 0. The van der Waals surface area contributed by atoms with Crippen molar-refractivity contribution in [1.29, 1.82) is 0 Å². The SMILES string of the molecule is C=C(C)[C](=O)[Ti]1(=[O])([C](=O)CCCCCCCCCCCCCCC(C)C)[O]CC[O]1. The van der Waals surface area contributed by atoms with E-state index in [9.17, 15) is 12.9 Å². The van der Waals surface area contributed by atoms with E-state index in [1.54, 1.807) is 0 Å². The first-order valence-corrected chi connectivity index (χ1v) is 15.6. The number of unbranched alkanes of at least 4 members (excludes halogenated alkanes) is 11. The molecule has 0 aromatic heterocycles. The van der Waals surface area contributed by atoms with Crippen LogP contribution in [-0.4, -0.2) is 21.4 Å². The Bertz CT molecular complexity index is 613. The van der Waals surface area contributed by atoms with Crippen molar-refractivity contribution in [1.82, 2.24) is 0 Å². The van der Waals surface area contributed by atoms with Crippen LogP contribution < -0.4 is 0 Å². The van der Waals surface area contributed by atoms with Crippen LogP contribution in [0.3, 0.4) is 0 Å². The predicted octanol–water partition coefficient (Wildman–Crippen LogP) is 6.65. The van der Waals surface area contributed by atoms with Gasteiger partial charge in [-0.05, 0) is 5.92 Å². The molecule has 30 heavy (non-hydrogen) atoms. The van der Waals surface area contributed by atoms with E-state index in [0.717, 1.165) is 25.2 Å². The molecule has 6 heteroatoms. The molecule has 0 aliphatic carbocycles. The first-order valence-electron chi connectivity index (χ1n) is 12.1. The van der Waals surface area contributed by atoms with Crippen molar-refractivity contribution in [3.63, 3.8) is 0 Å². The Kier molecular flexibility index (Phi) is 12.7. The maximum absolute atomic E-state index is 13.3. The summed E-state index contributed by atoms with van der Waals surface area (Å²) in [7, 11) is 0. The van der Waals surface area contributed by atoms with Crippen molar-refractivity contribution in [2.24, 2.45) is 5.92 Å². The topological polar surface area (TPSA) is 69.7 Å². The Labute approximate surface area is 185 Å². The third-order valence-electron chi connectivity index (χ3n) is 6.01. The van der Waals surface area contributed by atoms with Crippen LogP contribution in [0.5, 0.6) is 0 Å². The van der Waals surface area contributed by atoms with Crippen molar-refractivity contribution < 1.29 is 35.6 Å². The number of allylic oxidation sites excluding steroid dienone is 1. The molecule has 174 valence electrons. The van der Waals surface area contributed by atoms with Crippen LogP contribution >= 0.6 is 0 Å². The molecule has 1 aliphatic rings. The molecule has 0 unspecified atom stereocenters. The first kappa shape index (κ1) is 27.5. The zero-order valence-corrected chi connectivity index (χ0v) is 21.2. The fourth-order valence-electron chi connectivity index (χ4n) is 4.10. The average molecular weight is 460 g/mol. The molecule has 0 amide bonds. The van der Waals surface area contributed by atoms with E-state index >= 15 is 0 Å². The molecule has 1 fully saturated rings. The van der Waals surface area contributed by atoms with Gasteiger partial charge in [0.05, 0.1) is 0 Å². The zero-order valence-electron chi connectivity index (χ0n) is 19.6. The van der Waals surface area contributed by atoms with Gasteiger partial charge in [-0.1, -0.05) is 33.1 Å². The summed E-state index contributed by atoms with van der Waals surface area (Å²) in [4.78, 5) is 25.0. The Hall–Kier alpha value is -0.486. The van der Waals surface area contributed by atoms with Gasteiger partial charge < -0.3 is 0 Å². The molecule has 0 atom stereocenters. The third-order valence-corrected chi connectivity index (χ3v) is 12.1. The second-order valence-corrected chi connectivity index (χ2v) is 15.0. The molecular formula is C24H44O5Ti. The maximum atomic E-state index is 13.3. The van der Waals surface area contributed by atoms with Crippen molar-refractivity contribution in [2.45, 2.75) is 111 Å². The molecule has 5 nitrogen and oxygen atoms in total. The van der Waals surface area contributed by atoms with E-state index in [-0.39, 0.29) is 25.2 Å². The van der Waals surface area contributed by atoms with Crippen LogP contribution in [0.1, 0.15) is 111 Å². The normalized spacial score (nSPS) is 17.1. The van der Waals surface area contributed by atoms with Crippen LogP contribution in [0, 0.1) is 5.92 Å². The molecule has 0 aromatic rings. The molecular weight excluding hydrogens is 416 g/mol. The Morgan fingerprint density at radius 2 is 1.20 bits per heavy atom. The van der Waals surface area contributed by atoms with E-state index in [0.29, 0.717) is 6.42 Å². The Morgan fingerprint density at radius 3 is 1.60 bits per heavy atom. The standard InChI is InChI=1S/C18H35O.C4H5O.C2H4O2.O.Ti/c1-18(2)16-14-12-10-8-6-4-3-5-7-9-11-13-15-17-19;1-4(2)3-5;3-1-2-4;;/h18H,3-16H2,1-2H3;1H2,2H3;1-2H2;;/q;;-2;;+2. The van der Waals surface area contributed by atoms with Gasteiger partial charge in [-0.2, -0.15) is 0 Å². The summed E-state index contributed by atoms with van der Waals surface area (Å²) in [5, 5.41) is 0. The van der Waals surface area contributed by atoms with E-state index in [4.69, 9.17) is 6.64 Å². The van der Waals surface area contributed by atoms with Gasteiger partial charge in [-0.25, -0.2) is 0 Å². The quantitative estimate of drug-likeness (QED) is 0.130. The summed E-state index contributed by atoms with van der Waals surface area (Å²) in [6.45, 7) is 9.63.